The predicted octanol–water partition coefficient (Wildman–Crippen LogP) is 3.08. The van der Waals surface area contributed by atoms with Crippen molar-refractivity contribution in [2.75, 3.05) is 13.7 Å². The molecule has 1 unspecified atom stereocenters. The maximum atomic E-state index is 5.56. The Morgan fingerprint density at radius 2 is 2.50 bits per heavy atom. The third kappa shape index (κ3) is 2.02. The van der Waals surface area contributed by atoms with E-state index in [1.54, 1.807) is 11.3 Å². The van der Waals surface area contributed by atoms with E-state index >= 15 is 0 Å². The van der Waals surface area contributed by atoms with Gasteiger partial charge in [-0.25, -0.2) is 0 Å². The number of halogens is 1. The van der Waals surface area contributed by atoms with Gasteiger partial charge < -0.3 is 10.1 Å². The smallest absolute Gasteiger partial charge is 0.114 e. The first-order valence-corrected chi connectivity index (χ1v) is 6.22. The van der Waals surface area contributed by atoms with Gasteiger partial charge in [0.15, 0.2) is 0 Å². The fourth-order valence-corrected chi connectivity index (χ4v) is 2.79. The summed E-state index contributed by atoms with van der Waals surface area (Å²) in [5.74, 6) is 1.05. The van der Waals surface area contributed by atoms with Gasteiger partial charge in [-0.05, 0) is 46.1 Å². The Morgan fingerprint density at radius 3 is 3.00 bits per heavy atom. The molecule has 0 amide bonds. The lowest BCUT2D eigenvalue weighted by atomic mass is 10.1. The van der Waals surface area contributed by atoms with E-state index in [4.69, 9.17) is 4.74 Å². The standard InChI is InChI=1S/C10H12BrNOS/c1-12-10(8-3-2-4-13-8)7-5-9(11)14-6-7/h3,5-6,10,12H,2,4H2,1H3. The second kappa shape index (κ2) is 4.47. The number of nitrogens with one attached hydrogen (secondary N) is 1. The Kier molecular flexibility index (Phi) is 3.26. The van der Waals surface area contributed by atoms with Crippen LogP contribution in [0.25, 0.3) is 0 Å². The summed E-state index contributed by atoms with van der Waals surface area (Å²) in [5.41, 5.74) is 1.26. The maximum absolute atomic E-state index is 5.56. The Morgan fingerprint density at radius 1 is 1.64 bits per heavy atom. The molecule has 1 N–H and O–H groups in total. The van der Waals surface area contributed by atoms with Gasteiger partial charge in [0.1, 0.15) is 5.76 Å². The molecule has 0 spiro atoms. The lowest BCUT2D eigenvalue weighted by Crippen LogP contribution is -2.18. The summed E-state index contributed by atoms with van der Waals surface area (Å²) in [6.07, 6.45) is 3.19. The molecule has 2 rings (SSSR count). The van der Waals surface area contributed by atoms with Crippen LogP contribution < -0.4 is 5.32 Å². The zero-order chi connectivity index (χ0) is 9.97. The molecule has 1 aliphatic heterocycles. The van der Waals surface area contributed by atoms with Crippen molar-refractivity contribution >= 4 is 27.3 Å². The monoisotopic (exact) mass is 273 g/mol. The van der Waals surface area contributed by atoms with Crippen LogP contribution in [-0.2, 0) is 4.74 Å². The average molecular weight is 274 g/mol. The zero-order valence-electron chi connectivity index (χ0n) is 7.92. The van der Waals surface area contributed by atoms with Crippen LogP contribution in [0.1, 0.15) is 18.0 Å². The van der Waals surface area contributed by atoms with Crippen LogP contribution >= 0.6 is 27.3 Å². The van der Waals surface area contributed by atoms with Gasteiger partial charge in [0.05, 0.1) is 16.4 Å². The number of rotatable bonds is 3. The summed E-state index contributed by atoms with van der Waals surface area (Å²) in [7, 11) is 1.96. The molecule has 2 nitrogen and oxygen atoms in total. The number of likely N-dealkylation sites (N-methyl/N-ethyl adjacent to an activating group) is 1. The Balaban J connectivity index is 2.20. The molecule has 1 aliphatic rings. The van der Waals surface area contributed by atoms with Gasteiger partial charge in [0, 0.05) is 6.42 Å². The Labute approximate surface area is 96.1 Å². The van der Waals surface area contributed by atoms with E-state index in [2.05, 4.69) is 38.8 Å². The molecule has 76 valence electrons. The second-order valence-corrected chi connectivity index (χ2v) is 5.44. The molecule has 0 radical (unpaired) electrons. The number of thiophene rings is 1. The third-order valence-electron chi connectivity index (χ3n) is 2.23. The lowest BCUT2D eigenvalue weighted by Gasteiger charge is -2.15. The van der Waals surface area contributed by atoms with E-state index < -0.39 is 0 Å². The summed E-state index contributed by atoms with van der Waals surface area (Å²) >= 11 is 5.17. The molecule has 4 heteroatoms. The molecule has 1 aromatic heterocycles. The minimum Gasteiger partial charge on any atom is -0.496 e. The van der Waals surface area contributed by atoms with Crippen molar-refractivity contribution in [1.29, 1.82) is 0 Å². The molecule has 0 aromatic carbocycles. The summed E-state index contributed by atoms with van der Waals surface area (Å²) in [6, 6.07) is 2.34. The minimum atomic E-state index is 0.208. The van der Waals surface area contributed by atoms with Gasteiger partial charge in [-0.15, -0.1) is 11.3 Å². The molecule has 0 fully saturated rings. The van der Waals surface area contributed by atoms with Crippen molar-refractivity contribution in [3.8, 4) is 0 Å². The topological polar surface area (TPSA) is 21.3 Å². The summed E-state index contributed by atoms with van der Waals surface area (Å²) < 4.78 is 6.72. The highest BCUT2D eigenvalue weighted by atomic mass is 79.9. The van der Waals surface area contributed by atoms with Crippen LogP contribution in [-0.4, -0.2) is 13.7 Å². The van der Waals surface area contributed by atoms with Crippen LogP contribution in [0.2, 0.25) is 0 Å². The van der Waals surface area contributed by atoms with Crippen molar-refractivity contribution in [2.24, 2.45) is 0 Å². The summed E-state index contributed by atoms with van der Waals surface area (Å²) in [5, 5.41) is 5.41. The van der Waals surface area contributed by atoms with Crippen molar-refractivity contribution in [3.63, 3.8) is 0 Å². The zero-order valence-corrected chi connectivity index (χ0v) is 10.3. The van der Waals surface area contributed by atoms with Gasteiger partial charge in [0.25, 0.3) is 0 Å². The molecule has 1 atom stereocenters. The Hall–Kier alpha value is -0.320. The van der Waals surface area contributed by atoms with E-state index in [0.717, 1.165) is 22.6 Å². The van der Waals surface area contributed by atoms with Gasteiger partial charge in [-0.1, -0.05) is 0 Å². The van der Waals surface area contributed by atoms with Crippen molar-refractivity contribution in [3.05, 3.63) is 32.6 Å². The highest BCUT2D eigenvalue weighted by Gasteiger charge is 2.19. The van der Waals surface area contributed by atoms with Crippen LogP contribution in [0.5, 0.6) is 0 Å². The number of hydrogen-bond acceptors (Lipinski definition) is 3. The number of ether oxygens (including phenoxy) is 1. The summed E-state index contributed by atoms with van der Waals surface area (Å²) in [4.78, 5) is 0. The highest BCUT2D eigenvalue weighted by molar-refractivity contribution is 9.11. The molecule has 1 aromatic rings. The van der Waals surface area contributed by atoms with Gasteiger partial charge >= 0.3 is 0 Å². The molecule has 0 saturated heterocycles. The van der Waals surface area contributed by atoms with Crippen LogP contribution in [0.4, 0.5) is 0 Å². The van der Waals surface area contributed by atoms with Gasteiger partial charge in [-0.2, -0.15) is 0 Å². The molecule has 2 heterocycles. The average Bonchev–Trinajstić information content (AvgIpc) is 2.79. The minimum absolute atomic E-state index is 0.208. The Bertz CT molecular complexity index is 348. The van der Waals surface area contributed by atoms with E-state index in [1.165, 1.54) is 5.56 Å². The van der Waals surface area contributed by atoms with E-state index in [1.807, 2.05) is 7.05 Å². The lowest BCUT2D eigenvalue weighted by molar-refractivity contribution is 0.218. The molecule has 0 saturated carbocycles. The molecular formula is C10H12BrNOS. The molecule has 14 heavy (non-hydrogen) atoms. The SMILES string of the molecule is CNC(C1=CCCO1)c1csc(Br)c1. The van der Waals surface area contributed by atoms with Crippen LogP contribution in [0, 0.1) is 0 Å². The van der Waals surface area contributed by atoms with Crippen molar-refractivity contribution in [2.45, 2.75) is 12.5 Å². The highest BCUT2D eigenvalue weighted by Crippen LogP contribution is 2.31. The van der Waals surface area contributed by atoms with Crippen molar-refractivity contribution in [1.82, 2.24) is 5.32 Å². The van der Waals surface area contributed by atoms with E-state index in [9.17, 15) is 0 Å². The molecule has 0 bridgehead atoms. The largest absolute Gasteiger partial charge is 0.496 e. The predicted molar refractivity (Wildman–Crippen MR) is 62.5 cm³/mol. The van der Waals surface area contributed by atoms with Crippen molar-refractivity contribution < 1.29 is 4.74 Å². The first-order valence-electron chi connectivity index (χ1n) is 4.55. The van der Waals surface area contributed by atoms with E-state index in [-0.39, 0.29) is 6.04 Å². The number of hydrogen-bond donors (Lipinski definition) is 1. The first-order chi connectivity index (χ1) is 6.81. The second-order valence-electron chi connectivity index (χ2n) is 3.15. The summed E-state index contributed by atoms with van der Waals surface area (Å²) in [6.45, 7) is 0.818. The molecule has 0 aliphatic carbocycles. The quantitative estimate of drug-likeness (QED) is 0.914. The normalized spacial score (nSPS) is 17.7. The fourth-order valence-electron chi connectivity index (χ4n) is 1.59. The first kappa shape index (κ1) is 10.2. The third-order valence-corrected chi connectivity index (χ3v) is 3.75. The fraction of sp³-hybridized carbons (Fsp3) is 0.400. The maximum Gasteiger partial charge on any atom is 0.114 e. The van der Waals surface area contributed by atoms with Crippen LogP contribution in [0.15, 0.2) is 27.1 Å². The van der Waals surface area contributed by atoms with Gasteiger partial charge in [-0.3, -0.25) is 0 Å². The van der Waals surface area contributed by atoms with Gasteiger partial charge in [0.2, 0.25) is 0 Å². The van der Waals surface area contributed by atoms with Crippen LogP contribution in [0.3, 0.4) is 0 Å². The van der Waals surface area contributed by atoms with E-state index in [0.29, 0.717) is 0 Å². The molecular weight excluding hydrogens is 262 g/mol.